The third kappa shape index (κ3) is 2.03. The second-order valence-electron chi connectivity index (χ2n) is 8.03. The molecule has 4 aliphatic rings. The minimum atomic E-state index is 0.671. The molecule has 3 unspecified atom stereocenters. The van der Waals surface area contributed by atoms with Gasteiger partial charge in [-0.05, 0) is 74.2 Å². The van der Waals surface area contributed by atoms with Crippen LogP contribution in [0.2, 0.25) is 0 Å². The van der Waals surface area contributed by atoms with E-state index in [4.69, 9.17) is 0 Å². The van der Waals surface area contributed by atoms with E-state index in [1.807, 2.05) is 0 Å². The van der Waals surface area contributed by atoms with Crippen LogP contribution in [0.3, 0.4) is 0 Å². The number of hydrogen-bond donors (Lipinski definition) is 1. The van der Waals surface area contributed by atoms with Crippen LogP contribution in [0.15, 0.2) is 0 Å². The molecule has 18 heavy (non-hydrogen) atoms. The van der Waals surface area contributed by atoms with Crippen LogP contribution < -0.4 is 5.32 Å². The summed E-state index contributed by atoms with van der Waals surface area (Å²) in [5, 5.41) is 3.86. The van der Waals surface area contributed by atoms with Crippen LogP contribution in [-0.2, 0) is 0 Å². The Labute approximate surface area is 113 Å². The smallest absolute Gasteiger partial charge is 0.0124 e. The molecule has 0 aliphatic heterocycles. The van der Waals surface area contributed by atoms with Gasteiger partial charge in [-0.3, -0.25) is 0 Å². The van der Waals surface area contributed by atoms with Gasteiger partial charge in [0.1, 0.15) is 0 Å². The molecule has 0 radical (unpaired) electrons. The van der Waals surface area contributed by atoms with Crippen molar-refractivity contribution in [1.29, 1.82) is 0 Å². The summed E-state index contributed by atoms with van der Waals surface area (Å²) in [6, 6.07) is 0.803. The summed E-state index contributed by atoms with van der Waals surface area (Å²) in [7, 11) is 0. The van der Waals surface area contributed by atoms with Crippen molar-refractivity contribution in [3.05, 3.63) is 0 Å². The molecule has 4 saturated carbocycles. The van der Waals surface area contributed by atoms with E-state index in [9.17, 15) is 0 Å². The molecular weight excluding hydrogens is 218 g/mol. The van der Waals surface area contributed by atoms with Crippen molar-refractivity contribution in [2.45, 2.75) is 78.2 Å². The molecular formula is C17H31N. The molecule has 0 spiro atoms. The lowest BCUT2D eigenvalue weighted by Crippen LogP contribution is -2.58. The lowest BCUT2D eigenvalue weighted by atomic mass is 9.43. The molecule has 0 aromatic carbocycles. The molecule has 0 aromatic heterocycles. The average Bonchev–Trinajstić information content (AvgIpc) is 2.25. The average molecular weight is 249 g/mol. The van der Waals surface area contributed by atoms with Crippen LogP contribution in [0.5, 0.6) is 0 Å². The van der Waals surface area contributed by atoms with Crippen LogP contribution in [0.25, 0.3) is 0 Å². The van der Waals surface area contributed by atoms with Crippen molar-refractivity contribution < 1.29 is 0 Å². The van der Waals surface area contributed by atoms with E-state index in [0.717, 1.165) is 24.4 Å². The van der Waals surface area contributed by atoms with Gasteiger partial charge in [0, 0.05) is 6.04 Å². The Morgan fingerprint density at radius 2 is 1.78 bits per heavy atom. The summed E-state index contributed by atoms with van der Waals surface area (Å²) in [4.78, 5) is 0. The van der Waals surface area contributed by atoms with Gasteiger partial charge < -0.3 is 5.32 Å². The Kier molecular flexibility index (Phi) is 3.25. The van der Waals surface area contributed by atoms with E-state index >= 15 is 0 Å². The van der Waals surface area contributed by atoms with Crippen LogP contribution in [0, 0.1) is 22.7 Å². The molecule has 4 fully saturated rings. The van der Waals surface area contributed by atoms with Crippen LogP contribution in [-0.4, -0.2) is 12.6 Å². The molecule has 0 aromatic rings. The zero-order valence-corrected chi connectivity index (χ0v) is 12.6. The van der Waals surface area contributed by atoms with E-state index in [1.165, 1.54) is 44.9 Å². The highest BCUT2D eigenvalue weighted by Gasteiger charge is 2.57. The molecule has 4 rings (SSSR count). The van der Waals surface area contributed by atoms with Crippen LogP contribution >= 0.6 is 0 Å². The number of nitrogens with one attached hydrogen (secondary N) is 1. The van der Waals surface area contributed by atoms with Gasteiger partial charge in [0.25, 0.3) is 0 Å². The van der Waals surface area contributed by atoms with Crippen molar-refractivity contribution in [2.75, 3.05) is 6.54 Å². The van der Waals surface area contributed by atoms with E-state index < -0.39 is 0 Å². The Bertz CT molecular complexity index is 289. The SMILES string of the molecule is CCCC(NCC)C12CC3CC(CC(C)(C3)C1)C2. The predicted molar refractivity (Wildman–Crippen MR) is 77.6 cm³/mol. The van der Waals surface area contributed by atoms with E-state index in [-0.39, 0.29) is 0 Å². The zero-order valence-electron chi connectivity index (χ0n) is 12.6. The van der Waals surface area contributed by atoms with Gasteiger partial charge in [0.05, 0.1) is 0 Å². The van der Waals surface area contributed by atoms with Gasteiger partial charge >= 0.3 is 0 Å². The van der Waals surface area contributed by atoms with Gasteiger partial charge in [0.2, 0.25) is 0 Å². The highest BCUT2D eigenvalue weighted by atomic mass is 14.9. The molecule has 4 bridgehead atoms. The highest BCUT2D eigenvalue weighted by molar-refractivity contribution is 5.09. The molecule has 4 aliphatic carbocycles. The normalized spacial score (nSPS) is 47.5. The number of rotatable bonds is 5. The maximum absolute atomic E-state index is 3.86. The van der Waals surface area contributed by atoms with Gasteiger partial charge in [-0.15, -0.1) is 0 Å². The standard InChI is InChI=1S/C17H31N/c1-4-6-15(18-5-2)17-10-13-7-14(11-17)9-16(3,8-13)12-17/h13-15,18H,4-12H2,1-3H3. The predicted octanol–water partition coefficient (Wildman–Crippen LogP) is 4.37. The minimum absolute atomic E-state index is 0.671. The molecule has 0 saturated heterocycles. The van der Waals surface area contributed by atoms with E-state index in [1.54, 1.807) is 6.42 Å². The van der Waals surface area contributed by atoms with Crippen LogP contribution in [0.1, 0.15) is 72.1 Å². The molecule has 104 valence electrons. The second-order valence-corrected chi connectivity index (χ2v) is 8.03. The third-order valence-corrected chi connectivity index (χ3v) is 6.17. The number of hydrogen-bond acceptors (Lipinski definition) is 1. The van der Waals surface area contributed by atoms with Gasteiger partial charge in [-0.2, -0.15) is 0 Å². The summed E-state index contributed by atoms with van der Waals surface area (Å²) in [6.45, 7) is 8.38. The van der Waals surface area contributed by atoms with Crippen molar-refractivity contribution >= 4 is 0 Å². The van der Waals surface area contributed by atoms with Gasteiger partial charge in [-0.1, -0.05) is 27.2 Å². The Morgan fingerprint density at radius 3 is 2.28 bits per heavy atom. The fourth-order valence-corrected chi connectivity index (χ4v) is 6.37. The van der Waals surface area contributed by atoms with Crippen molar-refractivity contribution in [3.8, 4) is 0 Å². The van der Waals surface area contributed by atoms with Crippen LogP contribution in [0.4, 0.5) is 0 Å². The maximum atomic E-state index is 3.86. The van der Waals surface area contributed by atoms with Gasteiger partial charge in [0.15, 0.2) is 0 Å². The molecule has 1 N–H and O–H groups in total. The van der Waals surface area contributed by atoms with Gasteiger partial charge in [-0.25, -0.2) is 0 Å². The lowest BCUT2D eigenvalue weighted by Gasteiger charge is -2.63. The first kappa shape index (κ1) is 13.0. The van der Waals surface area contributed by atoms with Crippen molar-refractivity contribution in [2.24, 2.45) is 22.7 Å². The summed E-state index contributed by atoms with van der Waals surface area (Å²) in [5.74, 6) is 2.13. The Balaban J connectivity index is 1.84. The second kappa shape index (κ2) is 4.51. The molecule has 1 heteroatoms. The van der Waals surface area contributed by atoms with Crippen molar-refractivity contribution in [3.63, 3.8) is 0 Å². The summed E-state index contributed by atoms with van der Waals surface area (Å²) >= 11 is 0. The highest BCUT2D eigenvalue weighted by Crippen LogP contribution is 2.66. The first-order valence-corrected chi connectivity index (χ1v) is 8.32. The lowest BCUT2D eigenvalue weighted by molar-refractivity contribution is -0.119. The molecule has 0 amide bonds. The first-order chi connectivity index (χ1) is 8.59. The molecule has 3 atom stereocenters. The topological polar surface area (TPSA) is 12.0 Å². The summed E-state index contributed by atoms with van der Waals surface area (Å²) in [5.41, 5.74) is 1.37. The fraction of sp³-hybridized carbons (Fsp3) is 1.00. The largest absolute Gasteiger partial charge is 0.314 e. The minimum Gasteiger partial charge on any atom is -0.314 e. The summed E-state index contributed by atoms with van der Waals surface area (Å²) in [6.07, 6.45) is 12.0. The molecule has 1 nitrogen and oxygen atoms in total. The van der Waals surface area contributed by atoms with E-state index in [0.29, 0.717) is 10.8 Å². The van der Waals surface area contributed by atoms with Crippen molar-refractivity contribution in [1.82, 2.24) is 5.32 Å². The summed E-state index contributed by atoms with van der Waals surface area (Å²) < 4.78 is 0. The Hall–Kier alpha value is -0.0400. The maximum Gasteiger partial charge on any atom is 0.0124 e. The quantitative estimate of drug-likeness (QED) is 0.763. The zero-order chi connectivity index (χ0) is 12.8. The fourth-order valence-electron chi connectivity index (χ4n) is 6.37. The monoisotopic (exact) mass is 249 g/mol. The third-order valence-electron chi connectivity index (χ3n) is 6.17. The Morgan fingerprint density at radius 1 is 1.11 bits per heavy atom. The van der Waals surface area contributed by atoms with E-state index in [2.05, 4.69) is 26.1 Å². The first-order valence-electron chi connectivity index (χ1n) is 8.32. The molecule has 0 heterocycles.